The molecule has 0 fully saturated rings. The predicted octanol–water partition coefficient (Wildman–Crippen LogP) is 3.42. The molecule has 0 aliphatic heterocycles. The number of aromatic amines is 1. The summed E-state index contributed by atoms with van der Waals surface area (Å²) >= 11 is 1.56. The van der Waals surface area contributed by atoms with Gasteiger partial charge in [-0.15, -0.1) is 0 Å². The van der Waals surface area contributed by atoms with Gasteiger partial charge in [-0.2, -0.15) is 11.3 Å². The van der Waals surface area contributed by atoms with Crippen LogP contribution in [-0.4, -0.2) is 14.6 Å². The molecule has 0 atom stereocenters. The first kappa shape index (κ1) is 12.1. The standard InChI is InChI=1S/C16H11N3OS/c20-16-14(12-6-7-21-10-12)8-17-15-13(9-18-19(15)16)11-4-2-1-3-5-11/h1-10,18H. The van der Waals surface area contributed by atoms with E-state index in [4.69, 9.17) is 0 Å². The van der Waals surface area contributed by atoms with Gasteiger partial charge in [-0.05, 0) is 28.0 Å². The van der Waals surface area contributed by atoms with Crippen LogP contribution in [0.4, 0.5) is 0 Å². The molecule has 4 aromatic rings. The van der Waals surface area contributed by atoms with Gasteiger partial charge in [0.2, 0.25) is 0 Å². The largest absolute Gasteiger partial charge is 0.296 e. The number of hydrogen-bond donors (Lipinski definition) is 1. The molecule has 5 heteroatoms. The number of rotatable bonds is 2. The second-order valence-corrected chi connectivity index (χ2v) is 5.48. The highest BCUT2D eigenvalue weighted by molar-refractivity contribution is 7.08. The molecular weight excluding hydrogens is 282 g/mol. The van der Waals surface area contributed by atoms with E-state index in [0.717, 1.165) is 16.7 Å². The lowest BCUT2D eigenvalue weighted by molar-refractivity contribution is 0.902. The molecule has 0 saturated heterocycles. The summed E-state index contributed by atoms with van der Waals surface area (Å²) in [5.74, 6) is 0. The van der Waals surface area contributed by atoms with E-state index in [9.17, 15) is 4.79 Å². The zero-order chi connectivity index (χ0) is 14.2. The highest BCUT2D eigenvalue weighted by Crippen LogP contribution is 2.23. The molecule has 0 radical (unpaired) electrons. The fourth-order valence-electron chi connectivity index (χ4n) is 2.40. The Hall–Kier alpha value is -2.66. The van der Waals surface area contributed by atoms with Gasteiger partial charge in [0.15, 0.2) is 5.65 Å². The Kier molecular flexibility index (Phi) is 2.72. The van der Waals surface area contributed by atoms with Gasteiger partial charge in [-0.1, -0.05) is 30.3 Å². The average molecular weight is 293 g/mol. The fraction of sp³-hybridized carbons (Fsp3) is 0. The molecular formula is C16H11N3OS. The number of aromatic nitrogens is 3. The van der Waals surface area contributed by atoms with Crippen molar-refractivity contribution in [1.82, 2.24) is 14.6 Å². The van der Waals surface area contributed by atoms with Crippen molar-refractivity contribution in [1.29, 1.82) is 0 Å². The van der Waals surface area contributed by atoms with Gasteiger partial charge in [-0.25, -0.2) is 9.50 Å². The molecule has 21 heavy (non-hydrogen) atoms. The third kappa shape index (κ3) is 1.90. The summed E-state index contributed by atoms with van der Waals surface area (Å²) in [6.07, 6.45) is 3.47. The first-order valence-corrected chi connectivity index (χ1v) is 7.46. The summed E-state index contributed by atoms with van der Waals surface area (Å²) < 4.78 is 1.50. The van der Waals surface area contributed by atoms with Gasteiger partial charge in [0, 0.05) is 18.0 Å². The van der Waals surface area contributed by atoms with E-state index < -0.39 is 0 Å². The van der Waals surface area contributed by atoms with Gasteiger partial charge in [0.25, 0.3) is 5.56 Å². The molecule has 3 aromatic heterocycles. The lowest BCUT2D eigenvalue weighted by Gasteiger charge is -2.00. The molecule has 3 heterocycles. The van der Waals surface area contributed by atoms with Gasteiger partial charge in [0.1, 0.15) is 0 Å². The first-order valence-electron chi connectivity index (χ1n) is 6.52. The molecule has 0 unspecified atom stereocenters. The molecule has 0 aliphatic rings. The van der Waals surface area contributed by atoms with Crippen molar-refractivity contribution in [3.05, 3.63) is 69.9 Å². The van der Waals surface area contributed by atoms with E-state index in [1.807, 2.05) is 53.4 Å². The smallest absolute Gasteiger partial charge is 0.280 e. The maximum Gasteiger partial charge on any atom is 0.280 e. The topological polar surface area (TPSA) is 50.2 Å². The molecule has 1 aromatic carbocycles. The number of H-pyrrole nitrogens is 1. The molecule has 4 nitrogen and oxygen atoms in total. The Morgan fingerprint density at radius 2 is 1.90 bits per heavy atom. The van der Waals surface area contributed by atoms with E-state index in [1.165, 1.54) is 4.52 Å². The Labute approximate surface area is 124 Å². The summed E-state index contributed by atoms with van der Waals surface area (Å²) in [4.78, 5) is 17.0. The van der Waals surface area contributed by atoms with Gasteiger partial charge < -0.3 is 0 Å². The molecule has 102 valence electrons. The number of nitrogens with zero attached hydrogens (tertiary/aromatic N) is 2. The minimum Gasteiger partial charge on any atom is -0.296 e. The van der Waals surface area contributed by atoms with Gasteiger partial charge in [-0.3, -0.25) is 9.89 Å². The first-order chi connectivity index (χ1) is 10.3. The maximum atomic E-state index is 12.6. The molecule has 0 amide bonds. The molecule has 0 spiro atoms. The lowest BCUT2D eigenvalue weighted by Crippen LogP contribution is -2.16. The van der Waals surface area contributed by atoms with Crippen LogP contribution in [0.5, 0.6) is 0 Å². The van der Waals surface area contributed by atoms with Crippen LogP contribution in [0.1, 0.15) is 0 Å². The van der Waals surface area contributed by atoms with Gasteiger partial charge in [0.05, 0.1) is 5.56 Å². The SMILES string of the molecule is O=c1c(-c2ccsc2)cnc2c(-c3ccccc3)c[nH]n12. The molecule has 0 bridgehead atoms. The third-order valence-corrected chi connectivity index (χ3v) is 4.14. The number of hydrogen-bond acceptors (Lipinski definition) is 3. The number of benzene rings is 1. The lowest BCUT2D eigenvalue weighted by atomic mass is 10.1. The van der Waals surface area contributed by atoms with Crippen LogP contribution in [0.15, 0.2) is 64.3 Å². The Morgan fingerprint density at radius 1 is 1.05 bits per heavy atom. The van der Waals surface area contributed by atoms with Crippen LogP contribution in [0.3, 0.4) is 0 Å². The molecule has 4 rings (SSSR count). The molecule has 0 saturated carbocycles. The van der Waals surface area contributed by atoms with Crippen molar-refractivity contribution in [2.45, 2.75) is 0 Å². The monoisotopic (exact) mass is 293 g/mol. The predicted molar refractivity (Wildman–Crippen MR) is 84.6 cm³/mol. The van der Waals surface area contributed by atoms with E-state index in [1.54, 1.807) is 17.5 Å². The Balaban J connectivity index is 1.96. The van der Waals surface area contributed by atoms with Crippen molar-refractivity contribution < 1.29 is 0 Å². The summed E-state index contributed by atoms with van der Waals surface area (Å²) in [6.45, 7) is 0. The minimum atomic E-state index is -0.0828. The van der Waals surface area contributed by atoms with E-state index in [-0.39, 0.29) is 5.56 Å². The van der Waals surface area contributed by atoms with Gasteiger partial charge >= 0.3 is 0 Å². The van der Waals surface area contributed by atoms with E-state index in [0.29, 0.717) is 11.2 Å². The van der Waals surface area contributed by atoms with E-state index >= 15 is 0 Å². The second-order valence-electron chi connectivity index (χ2n) is 4.70. The van der Waals surface area contributed by atoms with Crippen molar-refractivity contribution >= 4 is 17.0 Å². The highest BCUT2D eigenvalue weighted by atomic mass is 32.1. The summed E-state index contributed by atoms with van der Waals surface area (Å²) in [5, 5.41) is 6.90. The fourth-order valence-corrected chi connectivity index (χ4v) is 3.06. The van der Waals surface area contributed by atoms with Crippen molar-refractivity contribution in [2.75, 3.05) is 0 Å². The highest BCUT2D eigenvalue weighted by Gasteiger charge is 2.12. The third-order valence-electron chi connectivity index (χ3n) is 3.46. The zero-order valence-electron chi connectivity index (χ0n) is 11.0. The van der Waals surface area contributed by atoms with Crippen LogP contribution < -0.4 is 5.56 Å². The van der Waals surface area contributed by atoms with Crippen molar-refractivity contribution in [3.63, 3.8) is 0 Å². The quantitative estimate of drug-likeness (QED) is 0.615. The van der Waals surface area contributed by atoms with Crippen LogP contribution >= 0.6 is 11.3 Å². The van der Waals surface area contributed by atoms with Crippen LogP contribution in [-0.2, 0) is 0 Å². The minimum absolute atomic E-state index is 0.0828. The number of nitrogens with one attached hydrogen (secondary N) is 1. The summed E-state index contributed by atoms with van der Waals surface area (Å²) in [6, 6.07) is 11.8. The normalized spacial score (nSPS) is 11.0. The summed E-state index contributed by atoms with van der Waals surface area (Å²) in [5.41, 5.74) is 4.03. The molecule has 1 N–H and O–H groups in total. The number of fused-ring (bicyclic) bond motifs is 1. The van der Waals surface area contributed by atoms with Crippen LogP contribution in [0.2, 0.25) is 0 Å². The Morgan fingerprint density at radius 3 is 2.67 bits per heavy atom. The van der Waals surface area contributed by atoms with Crippen LogP contribution in [0, 0.1) is 0 Å². The maximum absolute atomic E-state index is 12.6. The summed E-state index contributed by atoms with van der Waals surface area (Å²) in [7, 11) is 0. The van der Waals surface area contributed by atoms with E-state index in [2.05, 4.69) is 10.1 Å². The zero-order valence-corrected chi connectivity index (χ0v) is 11.8. The average Bonchev–Trinajstić information content (AvgIpc) is 3.18. The van der Waals surface area contributed by atoms with Crippen molar-refractivity contribution in [2.24, 2.45) is 0 Å². The number of thiophene rings is 1. The second kappa shape index (κ2) is 4.71. The van der Waals surface area contributed by atoms with Crippen molar-refractivity contribution in [3.8, 4) is 22.3 Å². The van der Waals surface area contributed by atoms with Crippen LogP contribution in [0.25, 0.3) is 27.9 Å². The molecule has 0 aliphatic carbocycles. The Bertz CT molecular complexity index is 952.